The normalized spacial score (nSPS) is 16.3. The molecule has 4 aromatic heterocycles. The Labute approximate surface area is 190 Å². The maximum Gasteiger partial charge on any atom is 0.255 e. The van der Waals surface area contributed by atoms with E-state index in [2.05, 4.69) is 25.0 Å². The third kappa shape index (κ3) is 4.08. The summed E-state index contributed by atoms with van der Waals surface area (Å²) in [7, 11) is 0. The molecule has 5 rings (SSSR count). The second-order valence-corrected chi connectivity index (χ2v) is 9.38. The monoisotopic (exact) mass is 450 g/mol. The van der Waals surface area contributed by atoms with Gasteiger partial charge in [0.15, 0.2) is 11.4 Å². The zero-order valence-corrected chi connectivity index (χ0v) is 19.0. The molecule has 0 radical (unpaired) electrons. The topological polar surface area (TPSA) is 73.4 Å². The number of hydrogen-bond donors (Lipinski definition) is 0. The van der Waals surface area contributed by atoms with E-state index in [1.54, 1.807) is 23.8 Å². The largest absolute Gasteiger partial charge is 0.463 e. The molecule has 0 aliphatic carbocycles. The summed E-state index contributed by atoms with van der Waals surface area (Å²) in [5.74, 6) is 0.582. The molecule has 4 aromatic rings. The third-order valence-corrected chi connectivity index (χ3v) is 6.58. The summed E-state index contributed by atoms with van der Waals surface area (Å²) in [5.41, 5.74) is 1.90. The summed E-state index contributed by atoms with van der Waals surface area (Å²) in [6, 6.07) is 9.70. The quantitative estimate of drug-likeness (QED) is 0.389. The van der Waals surface area contributed by atoms with Crippen LogP contribution in [0.25, 0.3) is 22.5 Å². The van der Waals surface area contributed by atoms with Gasteiger partial charge in [0.1, 0.15) is 5.69 Å². The number of thiophene rings is 1. The molecule has 0 bridgehead atoms. The maximum atomic E-state index is 14.0. The van der Waals surface area contributed by atoms with Gasteiger partial charge in [-0.25, -0.2) is 9.67 Å². The van der Waals surface area contributed by atoms with Gasteiger partial charge in [0.2, 0.25) is 0 Å². The second kappa shape index (κ2) is 8.88. The number of ether oxygens (including phenoxy) is 1. The fraction of sp³-hybridized carbons (Fsp3) is 0.375. The first-order chi connectivity index (χ1) is 15.6. The number of aromatic nitrogens is 3. The number of amides is 1. The first-order valence-electron chi connectivity index (χ1n) is 11.0. The highest BCUT2D eigenvalue weighted by Gasteiger charge is 2.27. The van der Waals surface area contributed by atoms with E-state index in [1.165, 1.54) is 0 Å². The molecule has 1 aliphatic rings. The number of nitrogens with zero attached hydrogens (tertiary/aromatic N) is 4. The maximum absolute atomic E-state index is 14.0. The van der Waals surface area contributed by atoms with Crippen LogP contribution in [-0.2, 0) is 11.3 Å². The van der Waals surface area contributed by atoms with E-state index >= 15 is 0 Å². The molecule has 1 aliphatic heterocycles. The Morgan fingerprint density at radius 1 is 1.34 bits per heavy atom. The molecule has 166 valence electrons. The van der Waals surface area contributed by atoms with Crippen LogP contribution in [0.4, 0.5) is 0 Å². The minimum atomic E-state index is -0.0441. The molecule has 32 heavy (non-hydrogen) atoms. The average molecular weight is 451 g/mol. The molecule has 0 N–H and O–H groups in total. The van der Waals surface area contributed by atoms with Gasteiger partial charge < -0.3 is 14.1 Å². The van der Waals surface area contributed by atoms with E-state index < -0.39 is 0 Å². The number of carbonyl (C=O) groups excluding carboxylic acids is 1. The third-order valence-electron chi connectivity index (χ3n) is 5.72. The van der Waals surface area contributed by atoms with Crippen LogP contribution in [0.3, 0.4) is 0 Å². The van der Waals surface area contributed by atoms with Gasteiger partial charge in [-0.3, -0.25) is 4.79 Å². The molecule has 0 aromatic carbocycles. The van der Waals surface area contributed by atoms with Gasteiger partial charge in [0.05, 0.1) is 36.1 Å². The Balaban J connectivity index is 1.59. The molecule has 0 spiro atoms. The summed E-state index contributed by atoms with van der Waals surface area (Å²) in [4.78, 5) is 21.8. The van der Waals surface area contributed by atoms with Gasteiger partial charge in [0.25, 0.3) is 5.91 Å². The number of hydrogen-bond acceptors (Lipinski definition) is 6. The molecule has 7 nitrogen and oxygen atoms in total. The van der Waals surface area contributed by atoms with Crippen molar-refractivity contribution in [2.24, 2.45) is 0 Å². The van der Waals surface area contributed by atoms with Gasteiger partial charge >= 0.3 is 0 Å². The highest BCUT2D eigenvalue weighted by atomic mass is 32.1. The molecular formula is C24H26N4O3S. The summed E-state index contributed by atoms with van der Waals surface area (Å²) in [6.45, 7) is 5.98. The Morgan fingerprint density at radius 3 is 2.94 bits per heavy atom. The van der Waals surface area contributed by atoms with Crippen LogP contribution in [0.5, 0.6) is 0 Å². The highest BCUT2D eigenvalue weighted by Crippen LogP contribution is 2.29. The minimum Gasteiger partial charge on any atom is -0.463 e. The van der Waals surface area contributed by atoms with Crippen molar-refractivity contribution in [3.63, 3.8) is 0 Å². The summed E-state index contributed by atoms with van der Waals surface area (Å²) in [6.07, 6.45) is 5.44. The van der Waals surface area contributed by atoms with Gasteiger partial charge in [-0.05, 0) is 56.3 Å². The summed E-state index contributed by atoms with van der Waals surface area (Å²) in [5, 5.41) is 7.32. The number of fused-ring (bicyclic) bond motifs is 1. The van der Waals surface area contributed by atoms with Crippen molar-refractivity contribution < 1.29 is 13.9 Å². The number of pyridine rings is 1. The first-order valence-corrected chi connectivity index (χ1v) is 11.8. The second-order valence-electron chi connectivity index (χ2n) is 8.35. The van der Waals surface area contributed by atoms with E-state index in [0.29, 0.717) is 35.8 Å². The zero-order valence-electron chi connectivity index (χ0n) is 18.2. The predicted molar refractivity (Wildman–Crippen MR) is 124 cm³/mol. The lowest BCUT2D eigenvalue weighted by molar-refractivity contribution is 0.0511. The van der Waals surface area contributed by atoms with Crippen molar-refractivity contribution in [2.75, 3.05) is 13.2 Å². The van der Waals surface area contributed by atoms with Crippen molar-refractivity contribution >= 4 is 28.3 Å². The van der Waals surface area contributed by atoms with Crippen LogP contribution in [-0.4, -0.2) is 44.8 Å². The highest BCUT2D eigenvalue weighted by molar-refractivity contribution is 7.09. The molecule has 1 saturated heterocycles. The molecule has 8 heteroatoms. The fourth-order valence-corrected chi connectivity index (χ4v) is 4.86. The van der Waals surface area contributed by atoms with Gasteiger partial charge in [-0.15, -0.1) is 11.3 Å². The number of rotatable bonds is 7. The van der Waals surface area contributed by atoms with Crippen molar-refractivity contribution in [2.45, 2.75) is 45.4 Å². The van der Waals surface area contributed by atoms with Crippen molar-refractivity contribution in [1.29, 1.82) is 0 Å². The Bertz CT molecular complexity index is 1190. The van der Waals surface area contributed by atoms with Crippen LogP contribution in [0.1, 0.15) is 48.0 Å². The smallest absolute Gasteiger partial charge is 0.255 e. The van der Waals surface area contributed by atoms with Gasteiger partial charge in [-0.1, -0.05) is 6.07 Å². The Hall–Kier alpha value is -2.97. The van der Waals surface area contributed by atoms with Crippen LogP contribution < -0.4 is 0 Å². The number of carbonyl (C=O) groups is 1. The van der Waals surface area contributed by atoms with Crippen molar-refractivity contribution in [3.05, 3.63) is 58.6 Å². The fourth-order valence-electron chi connectivity index (χ4n) is 4.14. The van der Waals surface area contributed by atoms with E-state index in [1.807, 2.05) is 39.2 Å². The van der Waals surface area contributed by atoms with E-state index in [9.17, 15) is 4.79 Å². The summed E-state index contributed by atoms with van der Waals surface area (Å²) >= 11 is 1.66. The molecule has 5 heterocycles. The van der Waals surface area contributed by atoms with Gasteiger partial charge in [-0.2, -0.15) is 5.10 Å². The molecule has 1 amide bonds. The lowest BCUT2D eigenvalue weighted by Gasteiger charge is -2.25. The standard InChI is InChI=1S/C24H26N4O3S/c1-16(2)28-23-20(13-25-28)19(12-21(26-23)22-8-4-10-31-22)24(29)27(14-17-6-3-9-30-17)15-18-7-5-11-32-18/h4-5,7-8,10-13,16-17H,3,6,9,14-15H2,1-2H3. The van der Waals surface area contributed by atoms with Gasteiger partial charge in [0, 0.05) is 24.1 Å². The molecule has 0 saturated carbocycles. The number of furan rings is 1. The van der Waals surface area contributed by atoms with E-state index in [4.69, 9.17) is 14.1 Å². The Morgan fingerprint density at radius 2 is 2.25 bits per heavy atom. The van der Waals surface area contributed by atoms with Crippen LogP contribution in [0.2, 0.25) is 0 Å². The Kier molecular flexibility index (Phi) is 5.80. The van der Waals surface area contributed by atoms with Crippen molar-refractivity contribution in [3.8, 4) is 11.5 Å². The van der Waals surface area contributed by atoms with Crippen LogP contribution >= 0.6 is 11.3 Å². The zero-order chi connectivity index (χ0) is 22.1. The molecular weight excluding hydrogens is 424 g/mol. The molecule has 1 atom stereocenters. The molecule has 1 unspecified atom stereocenters. The predicted octanol–water partition coefficient (Wildman–Crippen LogP) is 5.16. The minimum absolute atomic E-state index is 0.0441. The molecule has 1 fully saturated rings. The van der Waals surface area contributed by atoms with Crippen molar-refractivity contribution in [1.82, 2.24) is 19.7 Å². The van der Waals surface area contributed by atoms with E-state index in [0.717, 1.165) is 29.7 Å². The SMILES string of the molecule is CC(C)n1ncc2c(C(=O)N(Cc3cccs3)CC3CCCO3)cc(-c3ccco3)nc21. The lowest BCUT2D eigenvalue weighted by Crippen LogP contribution is -2.37. The van der Waals surface area contributed by atoms with Crippen LogP contribution in [0.15, 0.2) is 52.6 Å². The average Bonchev–Trinajstić information content (AvgIpc) is 3.59. The summed E-state index contributed by atoms with van der Waals surface area (Å²) < 4.78 is 13.3. The van der Waals surface area contributed by atoms with E-state index in [-0.39, 0.29) is 18.1 Å². The lowest BCUT2D eigenvalue weighted by atomic mass is 10.1. The van der Waals surface area contributed by atoms with Crippen LogP contribution in [0, 0.1) is 0 Å². The first kappa shape index (κ1) is 20.9.